The first-order valence-electron chi connectivity index (χ1n) is 6.77. The van der Waals surface area contributed by atoms with E-state index in [1.807, 2.05) is 20.8 Å². The van der Waals surface area contributed by atoms with Crippen LogP contribution in [-0.4, -0.2) is 26.9 Å². The lowest BCUT2D eigenvalue weighted by molar-refractivity contribution is -0.121. The van der Waals surface area contributed by atoms with Crippen molar-refractivity contribution in [3.05, 3.63) is 28.7 Å². The number of rotatable bonds is 7. The molecule has 0 aliphatic heterocycles. The molecule has 1 rings (SSSR count). The molecule has 21 heavy (non-hydrogen) atoms. The smallest absolute Gasteiger partial charge is 0.240 e. The molecule has 0 radical (unpaired) electrons. The average Bonchev–Trinajstić information content (AvgIpc) is 2.38. The van der Waals surface area contributed by atoms with Crippen LogP contribution in [0.4, 0.5) is 0 Å². The van der Waals surface area contributed by atoms with Crippen molar-refractivity contribution < 1.29 is 13.2 Å². The second-order valence-corrected chi connectivity index (χ2v) is 7.89. The number of hydrogen-bond acceptors (Lipinski definition) is 3. The largest absolute Gasteiger partial charge is 0.353 e. The highest BCUT2D eigenvalue weighted by atomic mass is 79.9. The number of halogens is 1. The van der Waals surface area contributed by atoms with Crippen LogP contribution in [0.5, 0.6) is 0 Å². The van der Waals surface area contributed by atoms with Crippen LogP contribution < -0.4 is 10.0 Å². The van der Waals surface area contributed by atoms with E-state index < -0.39 is 10.0 Å². The van der Waals surface area contributed by atoms with E-state index in [2.05, 4.69) is 26.0 Å². The number of benzene rings is 1. The number of nitrogens with one attached hydrogen (secondary N) is 2. The number of amides is 1. The predicted octanol–water partition coefficient (Wildman–Crippen LogP) is 2.28. The topological polar surface area (TPSA) is 75.3 Å². The fourth-order valence-corrected chi connectivity index (χ4v) is 3.14. The van der Waals surface area contributed by atoms with Gasteiger partial charge in [0.05, 0.1) is 4.90 Å². The normalized spacial score (nSPS) is 13.2. The summed E-state index contributed by atoms with van der Waals surface area (Å²) in [5, 5.41) is 2.83. The Balaban J connectivity index is 2.50. The summed E-state index contributed by atoms with van der Waals surface area (Å²) in [5.74, 6) is 0.181. The first-order valence-corrected chi connectivity index (χ1v) is 9.04. The van der Waals surface area contributed by atoms with Crippen molar-refractivity contribution in [2.75, 3.05) is 6.54 Å². The van der Waals surface area contributed by atoms with Gasteiger partial charge in [0.25, 0.3) is 0 Å². The molecule has 118 valence electrons. The summed E-state index contributed by atoms with van der Waals surface area (Å²) < 4.78 is 27.2. The van der Waals surface area contributed by atoms with Crippen molar-refractivity contribution in [2.45, 2.75) is 38.1 Å². The summed E-state index contributed by atoms with van der Waals surface area (Å²) in [6.07, 6.45) is 0.115. The molecule has 5 nitrogen and oxygen atoms in total. The molecule has 0 heterocycles. The minimum absolute atomic E-state index is 0.0687. The molecular weight excluding hydrogens is 356 g/mol. The van der Waals surface area contributed by atoms with E-state index in [-0.39, 0.29) is 29.8 Å². The highest BCUT2D eigenvalue weighted by molar-refractivity contribution is 9.10. The highest BCUT2D eigenvalue weighted by Crippen LogP contribution is 2.15. The zero-order valence-electron chi connectivity index (χ0n) is 12.4. The summed E-state index contributed by atoms with van der Waals surface area (Å²) >= 11 is 3.23. The van der Waals surface area contributed by atoms with Gasteiger partial charge in [0.15, 0.2) is 0 Å². The van der Waals surface area contributed by atoms with Gasteiger partial charge in [-0.1, -0.05) is 35.8 Å². The molecule has 0 aromatic heterocycles. The van der Waals surface area contributed by atoms with Crippen molar-refractivity contribution in [2.24, 2.45) is 5.92 Å². The maximum Gasteiger partial charge on any atom is 0.240 e. The molecule has 1 aromatic rings. The first kappa shape index (κ1) is 18.1. The van der Waals surface area contributed by atoms with Crippen molar-refractivity contribution in [1.29, 1.82) is 0 Å². The first-order chi connectivity index (χ1) is 9.72. The molecule has 0 saturated heterocycles. The van der Waals surface area contributed by atoms with Gasteiger partial charge in [-0.2, -0.15) is 0 Å². The van der Waals surface area contributed by atoms with Crippen molar-refractivity contribution in [3.63, 3.8) is 0 Å². The van der Waals surface area contributed by atoms with Crippen LogP contribution in [-0.2, 0) is 14.8 Å². The van der Waals surface area contributed by atoms with Crippen LogP contribution >= 0.6 is 15.9 Å². The maximum atomic E-state index is 12.0. The van der Waals surface area contributed by atoms with Gasteiger partial charge in [0, 0.05) is 23.5 Å². The van der Waals surface area contributed by atoms with Crippen molar-refractivity contribution in [1.82, 2.24) is 10.0 Å². The van der Waals surface area contributed by atoms with E-state index >= 15 is 0 Å². The molecule has 1 atom stereocenters. The van der Waals surface area contributed by atoms with E-state index in [0.29, 0.717) is 10.4 Å². The zero-order chi connectivity index (χ0) is 16.0. The summed E-state index contributed by atoms with van der Waals surface area (Å²) in [6, 6.07) is 6.49. The molecule has 1 aromatic carbocycles. The Morgan fingerprint density at radius 1 is 1.29 bits per heavy atom. The van der Waals surface area contributed by atoms with Crippen LogP contribution in [0, 0.1) is 5.92 Å². The Kier molecular flexibility index (Phi) is 6.83. The SMILES string of the molecule is CC(C)C(C)NC(=O)CCNS(=O)(=O)c1cccc(Br)c1. The lowest BCUT2D eigenvalue weighted by Gasteiger charge is -2.17. The molecule has 0 spiro atoms. The Morgan fingerprint density at radius 2 is 1.95 bits per heavy atom. The third-order valence-electron chi connectivity index (χ3n) is 3.14. The van der Waals surface area contributed by atoms with Crippen LogP contribution in [0.3, 0.4) is 0 Å². The number of sulfonamides is 1. The summed E-state index contributed by atoms with van der Waals surface area (Å²) in [6.45, 7) is 6.03. The molecule has 1 unspecified atom stereocenters. The molecule has 0 aliphatic carbocycles. The van der Waals surface area contributed by atoms with Gasteiger partial charge in [0.2, 0.25) is 15.9 Å². The van der Waals surface area contributed by atoms with Crippen LogP contribution in [0.1, 0.15) is 27.2 Å². The molecule has 0 fully saturated rings. The summed E-state index contributed by atoms with van der Waals surface area (Å²) in [5.41, 5.74) is 0. The van der Waals surface area contributed by atoms with E-state index in [0.717, 1.165) is 0 Å². The van der Waals surface area contributed by atoms with Gasteiger partial charge in [-0.3, -0.25) is 4.79 Å². The maximum absolute atomic E-state index is 12.0. The summed E-state index contributed by atoms with van der Waals surface area (Å²) in [4.78, 5) is 11.9. The number of carbonyl (C=O) groups is 1. The van der Waals surface area contributed by atoms with Crippen LogP contribution in [0.2, 0.25) is 0 Å². The quantitative estimate of drug-likeness (QED) is 0.766. The van der Waals surface area contributed by atoms with Gasteiger partial charge in [-0.15, -0.1) is 0 Å². The van der Waals surface area contributed by atoms with E-state index in [1.54, 1.807) is 12.1 Å². The van der Waals surface area contributed by atoms with E-state index in [4.69, 9.17) is 0 Å². The molecule has 0 saturated carbocycles. The fourth-order valence-electron chi connectivity index (χ4n) is 1.51. The molecule has 0 bridgehead atoms. The molecule has 1 amide bonds. The Labute approximate surface area is 134 Å². The fraction of sp³-hybridized carbons (Fsp3) is 0.500. The number of hydrogen-bond donors (Lipinski definition) is 2. The van der Waals surface area contributed by atoms with E-state index in [9.17, 15) is 13.2 Å². The zero-order valence-corrected chi connectivity index (χ0v) is 14.8. The third kappa shape index (κ3) is 6.15. The minimum Gasteiger partial charge on any atom is -0.353 e. The Bertz CT molecular complexity index is 588. The van der Waals surface area contributed by atoms with Crippen LogP contribution in [0.25, 0.3) is 0 Å². The average molecular weight is 377 g/mol. The lowest BCUT2D eigenvalue weighted by Crippen LogP contribution is -2.38. The Morgan fingerprint density at radius 3 is 2.52 bits per heavy atom. The molecular formula is C14H21BrN2O3S. The monoisotopic (exact) mass is 376 g/mol. The molecule has 7 heteroatoms. The van der Waals surface area contributed by atoms with Crippen molar-refractivity contribution >= 4 is 31.9 Å². The standard InChI is InChI=1S/C14H21BrN2O3S/c1-10(2)11(3)17-14(18)7-8-16-21(19,20)13-6-4-5-12(15)9-13/h4-6,9-11,16H,7-8H2,1-3H3,(H,17,18). The van der Waals surface area contributed by atoms with Gasteiger partial charge in [0.1, 0.15) is 0 Å². The summed E-state index contributed by atoms with van der Waals surface area (Å²) in [7, 11) is -3.58. The highest BCUT2D eigenvalue weighted by Gasteiger charge is 2.15. The molecule has 0 aliphatic rings. The van der Waals surface area contributed by atoms with E-state index in [1.165, 1.54) is 12.1 Å². The third-order valence-corrected chi connectivity index (χ3v) is 5.09. The Hall–Kier alpha value is -0.920. The predicted molar refractivity (Wildman–Crippen MR) is 86.4 cm³/mol. The van der Waals surface area contributed by atoms with Gasteiger partial charge < -0.3 is 5.32 Å². The van der Waals surface area contributed by atoms with Crippen molar-refractivity contribution in [3.8, 4) is 0 Å². The molecule has 2 N–H and O–H groups in total. The minimum atomic E-state index is -3.58. The van der Waals surface area contributed by atoms with Gasteiger partial charge in [-0.05, 0) is 31.0 Å². The van der Waals surface area contributed by atoms with Gasteiger partial charge >= 0.3 is 0 Å². The van der Waals surface area contributed by atoms with Gasteiger partial charge in [-0.25, -0.2) is 13.1 Å². The second-order valence-electron chi connectivity index (χ2n) is 5.21. The number of carbonyl (C=O) groups excluding carboxylic acids is 1. The second kappa shape index (κ2) is 7.91. The van der Waals surface area contributed by atoms with Crippen LogP contribution in [0.15, 0.2) is 33.6 Å². The lowest BCUT2D eigenvalue weighted by atomic mass is 10.1.